The van der Waals surface area contributed by atoms with Gasteiger partial charge in [-0.1, -0.05) is 20.8 Å². The summed E-state index contributed by atoms with van der Waals surface area (Å²) in [6.07, 6.45) is 3.21. The third-order valence-corrected chi connectivity index (χ3v) is 3.20. The van der Waals surface area contributed by atoms with Crippen molar-refractivity contribution in [2.75, 3.05) is 11.9 Å². The van der Waals surface area contributed by atoms with Gasteiger partial charge in [0.15, 0.2) is 0 Å². The van der Waals surface area contributed by atoms with Crippen LogP contribution in [0.1, 0.15) is 38.7 Å². The standard InChI is InChI=1S/C11H19N3/c1-8(2)9(3)10-7-13-14-6-4-5-12-11(10)14/h7-9,12H,4-6H2,1-3H3/t9-/m1/s1. The Labute approximate surface area is 85.5 Å². The van der Waals surface area contributed by atoms with Gasteiger partial charge in [-0.15, -0.1) is 0 Å². The molecule has 2 heterocycles. The number of rotatable bonds is 2. The van der Waals surface area contributed by atoms with Gasteiger partial charge in [-0.2, -0.15) is 5.10 Å². The van der Waals surface area contributed by atoms with Crippen molar-refractivity contribution in [3.8, 4) is 0 Å². The Morgan fingerprint density at radius 3 is 2.93 bits per heavy atom. The topological polar surface area (TPSA) is 29.9 Å². The van der Waals surface area contributed by atoms with Gasteiger partial charge in [-0.05, 0) is 18.3 Å². The van der Waals surface area contributed by atoms with Gasteiger partial charge in [0, 0.05) is 18.7 Å². The van der Waals surface area contributed by atoms with E-state index in [4.69, 9.17) is 0 Å². The summed E-state index contributed by atoms with van der Waals surface area (Å²) in [4.78, 5) is 0. The monoisotopic (exact) mass is 193 g/mol. The molecule has 0 aromatic carbocycles. The summed E-state index contributed by atoms with van der Waals surface area (Å²) >= 11 is 0. The fourth-order valence-electron chi connectivity index (χ4n) is 1.89. The summed E-state index contributed by atoms with van der Waals surface area (Å²) in [7, 11) is 0. The van der Waals surface area contributed by atoms with E-state index in [9.17, 15) is 0 Å². The molecule has 78 valence electrons. The lowest BCUT2D eigenvalue weighted by molar-refractivity contribution is 0.530. The molecule has 0 fully saturated rings. The second-order valence-corrected chi connectivity index (χ2v) is 4.48. The smallest absolute Gasteiger partial charge is 0.127 e. The van der Waals surface area contributed by atoms with E-state index < -0.39 is 0 Å². The van der Waals surface area contributed by atoms with E-state index in [1.54, 1.807) is 0 Å². The number of aryl methyl sites for hydroxylation is 1. The number of hydrogen-bond acceptors (Lipinski definition) is 2. The van der Waals surface area contributed by atoms with E-state index in [1.165, 1.54) is 17.8 Å². The molecule has 0 spiro atoms. The van der Waals surface area contributed by atoms with Crippen molar-refractivity contribution in [2.45, 2.75) is 39.7 Å². The minimum Gasteiger partial charge on any atom is -0.370 e. The van der Waals surface area contributed by atoms with Gasteiger partial charge in [0.25, 0.3) is 0 Å². The molecule has 1 aromatic rings. The molecule has 0 aliphatic carbocycles. The van der Waals surface area contributed by atoms with Crippen LogP contribution in [0.15, 0.2) is 6.20 Å². The summed E-state index contributed by atoms with van der Waals surface area (Å²) in [5.74, 6) is 2.51. The van der Waals surface area contributed by atoms with Gasteiger partial charge in [0.05, 0.1) is 6.20 Å². The highest BCUT2D eigenvalue weighted by Crippen LogP contribution is 2.31. The predicted octanol–water partition coefficient (Wildman–Crippen LogP) is 2.46. The molecule has 0 saturated carbocycles. The maximum absolute atomic E-state index is 4.41. The molecule has 3 heteroatoms. The van der Waals surface area contributed by atoms with Gasteiger partial charge < -0.3 is 5.32 Å². The van der Waals surface area contributed by atoms with E-state index in [0.717, 1.165) is 13.1 Å². The zero-order valence-electron chi connectivity index (χ0n) is 9.25. The van der Waals surface area contributed by atoms with Crippen molar-refractivity contribution in [3.63, 3.8) is 0 Å². The lowest BCUT2D eigenvalue weighted by atomic mass is 9.92. The third-order valence-electron chi connectivity index (χ3n) is 3.20. The van der Waals surface area contributed by atoms with Gasteiger partial charge in [0.2, 0.25) is 0 Å². The molecular formula is C11H19N3. The Balaban J connectivity index is 2.30. The first-order chi connectivity index (χ1) is 6.70. The van der Waals surface area contributed by atoms with Crippen LogP contribution in [0, 0.1) is 5.92 Å². The third kappa shape index (κ3) is 1.51. The lowest BCUT2D eigenvalue weighted by Crippen LogP contribution is -2.19. The molecule has 1 atom stereocenters. The molecule has 1 aromatic heterocycles. The van der Waals surface area contributed by atoms with Crippen LogP contribution in [0.4, 0.5) is 5.82 Å². The summed E-state index contributed by atoms with van der Waals surface area (Å²) in [5.41, 5.74) is 1.37. The highest BCUT2D eigenvalue weighted by Gasteiger charge is 2.20. The molecule has 2 rings (SSSR count). The number of fused-ring (bicyclic) bond motifs is 1. The van der Waals surface area contributed by atoms with Crippen LogP contribution < -0.4 is 5.32 Å². The van der Waals surface area contributed by atoms with Gasteiger partial charge in [-0.3, -0.25) is 0 Å². The molecule has 1 aliphatic heterocycles. The van der Waals surface area contributed by atoms with E-state index in [0.29, 0.717) is 11.8 Å². The Morgan fingerprint density at radius 2 is 2.21 bits per heavy atom. The summed E-state index contributed by atoms with van der Waals surface area (Å²) in [6, 6.07) is 0. The minimum atomic E-state index is 0.587. The van der Waals surface area contributed by atoms with Crippen LogP contribution in [-0.4, -0.2) is 16.3 Å². The molecule has 1 N–H and O–H groups in total. The number of aromatic nitrogens is 2. The minimum absolute atomic E-state index is 0.587. The van der Waals surface area contributed by atoms with Gasteiger partial charge >= 0.3 is 0 Å². The maximum Gasteiger partial charge on any atom is 0.127 e. The fourth-order valence-corrected chi connectivity index (χ4v) is 1.89. The van der Waals surface area contributed by atoms with Crippen molar-refractivity contribution in [3.05, 3.63) is 11.8 Å². The SMILES string of the molecule is CC(C)[C@@H](C)c1cnn2c1NCCC2. The summed E-state index contributed by atoms with van der Waals surface area (Å²) in [5, 5.41) is 7.86. The Bertz CT molecular complexity index is 314. The quantitative estimate of drug-likeness (QED) is 0.782. The van der Waals surface area contributed by atoms with Crippen LogP contribution in [0.2, 0.25) is 0 Å². The number of hydrogen-bond donors (Lipinski definition) is 1. The number of nitrogens with one attached hydrogen (secondary N) is 1. The molecule has 14 heavy (non-hydrogen) atoms. The maximum atomic E-state index is 4.41. The van der Waals surface area contributed by atoms with E-state index >= 15 is 0 Å². The first-order valence-electron chi connectivity index (χ1n) is 5.49. The highest BCUT2D eigenvalue weighted by molar-refractivity contribution is 5.47. The van der Waals surface area contributed by atoms with Crippen molar-refractivity contribution >= 4 is 5.82 Å². The molecular weight excluding hydrogens is 174 g/mol. The van der Waals surface area contributed by atoms with E-state index in [-0.39, 0.29) is 0 Å². The van der Waals surface area contributed by atoms with Gasteiger partial charge in [-0.25, -0.2) is 4.68 Å². The normalized spacial score (nSPS) is 17.7. The van der Waals surface area contributed by atoms with Crippen molar-refractivity contribution in [1.82, 2.24) is 9.78 Å². The fraction of sp³-hybridized carbons (Fsp3) is 0.727. The van der Waals surface area contributed by atoms with Crippen molar-refractivity contribution < 1.29 is 0 Å². The first-order valence-corrected chi connectivity index (χ1v) is 5.49. The van der Waals surface area contributed by atoms with E-state index in [2.05, 4.69) is 35.9 Å². The average molecular weight is 193 g/mol. The summed E-state index contributed by atoms with van der Waals surface area (Å²) < 4.78 is 2.09. The second-order valence-electron chi connectivity index (χ2n) is 4.48. The number of anilines is 1. The van der Waals surface area contributed by atoms with Crippen LogP contribution >= 0.6 is 0 Å². The predicted molar refractivity (Wildman–Crippen MR) is 58.6 cm³/mol. The zero-order chi connectivity index (χ0) is 10.1. The highest BCUT2D eigenvalue weighted by atomic mass is 15.3. The molecule has 3 nitrogen and oxygen atoms in total. The summed E-state index contributed by atoms with van der Waals surface area (Å²) in [6.45, 7) is 8.95. The molecule has 0 bridgehead atoms. The molecule has 0 amide bonds. The zero-order valence-corrected chi connectivity index (χ0v) is 9.25. The molecule has 0 saturated heterocycles. The first kappa shape index (κ1) is 9.56. The lowest BCUT2D eigenvalue weighted by Gasteiger charge is -2.21. The van der Waals surface area contributed by atoms with Crippen LogP contribution in [0.3, 0.4) is 0 Å². The average Bonchev–Trinajstić information content (AvgIpc) is 2.60. The molecule has 0 unspecified atom stereocenters. The Hall–Kier alpha value is -0.990. The van der Waals surface area contributed by atoms with Crippen LogP contribution in [0.25, 0.3) is 0 Å². The second kappa shape index (κ2) is 3.64. The van der Waals surface area contributed by atoms with E-state index in [1.807, 2.05) is 6.20 Å². The van der Waals surface area contributed by atoms with Crippen LogP contribution in [-0.2, 0) is 6.54 Å². The van der Waals surface area contributed by atoms with Crippen molar-refractivity contribution in [1.29, 1.82) is 0 Å². The van der Waals surface area contributed by atoms with Crippen LogP contribution in [0.5, 0.6) is 0 Å². The Morgan fingerprint density at radius 1 is 1.43 bits per heavy atom. The number of nitrogens with zero attached hydrogens (tertiary/aromatic N) is 2. The largest absolute Gasteiger partial charge is 0.370 e. The van der Waals surface area contributed by atoms with Gasteiger partial charge in [0.1, 0.15) is 5.82 Å². The Kier molecular flexibility index (Phi) is 2.48. The molecule has 1 aliphatic rings. The molecule has 0 radical (unpaired) electrons. The van der Waals surface area contributed by atoms with Crippen molar-refractivity contribution in [2.24, 2.45) is 5.92 Å².